The Labute approximate surface area is 227 Å². The highest BCUT2D eigenvalue weighted by atomic mass is 79.9. The summed E-state index contributed by atoms with van der Waals surface area (Å²) in [5.41, 5.74) is 3.05. The van der Waals surface area contributed by atoms with Gasteiger partial charge in [-0.05, 0) is 94.6 Å². The van der Waals surface area contributed by atoms with E-state index in [9.17, 15) is 14.4 Å². The zero-order valence-corrected chi connectivity index (χ0v) is 22.9. The molecule has 1 heterocycles. The molecule has 0 unspecified atom stereocenters. The number of methoxy groups -OCH3 is 1. The number of esters is 1. The minimum atomic E-state index is -0.531. The van der Waals surface area contributed by atoms with Crippen molar-refractivity contribution in [2.45, 2.75) is 13.8 Å². The fourth-order valence-electron chi connectivity index (χ4n) is 3.60. The Morgan fingerprint density at radius 1 is 1.03 bits per heavy atom. The Kier molecular flexibility index (Phi) is 8.35. The second kappa shape index (κ2) is 11.7. The third-order valence-electron chi connectivity index (χ3n) is 5.54. The van der Waals surface area contributed by atoms with Crippen LogP contribution in [-0.4, -0.2) is 42.3 Å². The van der Waals surface area contributed by atoms with Gasteiger partial charge in [-0.3, -0.25) is 14.5 Å². The number of imide groups is 1. The molecule has 0 aromatic heterocycles. The number of hydrogen-bond acceptors (Lipinski definition) is 7. The average Bonchev–Trinajstić information content (AvgIpc) is 3.15. The predicted octanol–water partition coefficient (Wildman–Crippen LogP) is 6.41. The Hall–Kier alpha value is -3.56. The van der Waals surface area contributed by atoms with Crippen molar-refractivity contribution in [3.05, 3.63) is 92.3 Å². The van der Waals surface area contributed by atoms with Gasteiger partial charge in [0.2, 0.25) is 0 Å². The number of ether oxygens (including phenoxy) is 3. The van der Waals surface area contributed by atoms with Crippen LogP contribution < -0.4 is 14.2 Å². The van der Waals surface area contributed by atoms with Crippen molar-refractivity contribution in [3.63, 3.8) is 0 Å². The van der Waals surface area contributed by atoms with E-state index in [1.807, 2.05) is 38.1 Å². The molecule has 9 heteroatoms. The van der Waals surface area contributed by atoms with E-state index in [4.69, 9.17) is 14.2 Å². The lowest BCUT2D eigenvalue weighted by molar-refractivity contribution is -0.123. The van der Waals surface area contributed by atoms with E-state index in [0.717, 1.165) is 28.6 Å². The normalized spacial score (nSPS) is 14.3. The molecule has 1 aliphatic rings. The van der Waals surface area contributed by atoms with E-state index in [0.29, 0.717) is 21.3 Å². The lowest BCUT2D eigenvalue weighted by Gasteiger charge is -2.15. The van der Waals surface area contributed by atoms with Crippen LogP contribution in [-0.2, 0) is 4.79 Å². The molecule has 37 heavy (non-hydrogen) atoms. The van der Waals surface area contributed by atoms with Gasteiger partial charge in [-0.1, -0.05) is 30.3 Å². The van der Waals surface area contributed by atoms with Crippen LogP contribution in [0.4, 0.5) is 4.79 Å². The van der Waals surface area contributed by atoms with Gasteiger partial charge in [0.25, 0.3) is 11.1 Å². The highest BCUT2D eigenvalue weighted by Gasteiger charge is 2.35. The zero-order valence-electron chi connectivity index (χ0n) is 20.4. The molecule has 1 fully saturated rings. The Morgan fingerprint density at radius 2 is 1.78 bits per heavy atom. The molecular formula is C28H24BrNO6S. The SMILES string of the molecule is COc1cc(/C=C2\SC(=O)N(CCOc3cc(C)ccc3C)C2=O)cc(Br)c1OC(=O)c1ccccc1. The summed E-state index contributed by atoms with van der Waals surface area (Å²) in [4.78, 5) is 39.4. The molecule has 0 radical (unpaired) electrons. The van der Waals surface area contributed by atoms with E-state index in [2.05, 4.69) is 15.9 Å². The van der Waals surface area contributed by atoms with E-state index in [-0.39, 0.29) is 29.0 Å². The Balaban J connectivity index is 1.47. The third-order valence-corrected chi connectivity index (χ3v) is 7.04. The molecule has 0 atom stereocenters. The van der Waals surface area contributed by atoms with Gasteiger partial charge < -0.3 is 14.2 Å². The predicted molar refractivity (Wildman–Crippen MR) is 146 cm³/mol. The van der Waals surface area contributed by atoms with E-state index >= 15 is 0 Å². The maximum atomic E-state index is 12.9. The molecule has 0 saturated carbocycles. The smallest absolute Gasteiger partial charge is 0.343 e. The van der Waals surface area contributed by atoms with E-state index in [1.165, 1.54) is 12.0 Å². The third kappa shape index (κ3) is 6.23. The molecule has 3 aromatic rings. The fraction of sp³-hybridized carbons (Fsp3) is 0.179. The van der Waals surface area contributed by atoms with Crippen molar-refractivity contribution >= 4 is 50.9 Å². The summed E-state index contributed by atoms with van der Waals surface area (Å²) in [7, 11) is 1.45. The summed E-state index contributed by atoms with van der Waals surface area (Å²) in [6, 6.07) is 17.8. The maximum absolute atomic E-state index is 12.9. The van der Waals surface area contributed by atoms with Crippen molar-refractivity contribution in [3.8, 4) is 17.2 Å². The first-order valence-electron chi connectivity index (χ1n) is 11.4. The second-order valence-electron chi connectivity index (χ2n) is 8.24. The van der Waals surface area contributed by atoms with Crippen LogP contribution in [0, 0.1) is 13.8 Å². The van der Waals surface area contributed by atoms with Crippen molar-refractivity contribution in [1.29, 1.82) is 0 Å². The van der Waals surface area contributed by atoms with Crippen molar-refractivity contribution in [1.82, 2.24) is 4.90 Å². The number of thioether (sulfide) groups is 1. The highest BCUT2D eigenvalue weighted by molar-refractivity contribution is 9.10. The quantitative estimate of drug-likeness (QED) is 0.173. The molecule has 7 nitrogen and oxygen atoms in total. The van der Waals surface area contributed by atoms with Gasteiger partial charge >= 0.3 is 5.97 Å². The lowest BCUT2D eigenvalue weighted by Crippen LogP contribution is -2.32. The van der Waals surface area contributed by atoms with Crippen LogP contribution in [0.5, 0.6) is 17.2 Å². The van der Waals surface area contributed by atoms with Gasteiger partial charge in [0, 0.05) is 0 Å². The van der Waals surface area contributed by atoms with Crippen molar-refractivity contribution in [2.24, 2.45) is 0 Å². The summed E-state index contributed by atoms with van der Waals surface area (Å²) >= 11 is 4.28. The Morgan fingerprint density at radius 3 is 2.51 bits per heavy atom. The summed E-state index contributed by atoms with van der Waals surface area (Å²) < 4.78 is 17.3. The van der Waals surface area contributed by atoms with Gasteiger partial charge in [-0.25, -0.2) is 4.79 Å². The first-order valence-corrected chi connectivity index (χ1v) is 13.0. The summed E-state index contributed by atoms with van der Waals surface area (Å²) in [6.45, 7) is 4.24. The molecule has 0 N–H and O–H groups in total. The number of rotatable bonds is 8. The van der Waals surface area contributed by atoms with Gasteiger partial charge in [0.1, 0.15) is 12.4 Å². The second-order valence-corrected chi connectivity index (χ2v) is 10.1. The number of carbonyl (C=O) groups excluding carboxylic acids is 3. The van der Waals surface area contributed by atoms with Crippen LogP contribution in [0.3, 0.4) is 0 Å². The van der Waals surface area contributed by atoms with Crippen LogP contribution in [0.2, 0.25) is 0 Å². The fourth-order valence-corrected chi connectivity index (χ4v) is 5.01. The highest BCUT2D eigenvalue weighted by Crippen LogP contribution is 2.39. The first-order chi connectivity index (χ1) is 17.8. The number of benzene rings is 3. The number of amides is 2. The number of carbonyl (C=O) groups is 3. The summed E-state index contributed by atoms with van der Waals surface area (Å²) in [6.07, 6.45) is 1.60. The standard InChI is InChI=1S/C28H24BrNO6S/c1-17-9-10-18(2)22(13-17)35-12-11-30-26(31)24(37-28(30)33)16-19-14-21(29)25(23(15-19)34-3)36-27(32)20-7-5-4-6-8-20/h4-10,13-16H,11-12H2,1-3H3/b24-16-. The molecule has 1 saturated heterocycles. The molecule has 2 amide bonds. The summed E-state index contributed by atoms with van der Waals surface area (Å²) in [5, 5.41) is -0.361. The maximum Gasteiger partial charge on any atom is 0.343 e. The molecule has 4 rings (SSSR count). The van der Waals surface area contributed by atoms with Gasteiger partial charge in [-0.2, -0.15) is 0 Å². The monoisotopic (exact) mass is 581 g/mol. The minimum absolute atomic E-state index is 0.136. The van der Waals surface area contributed by atoms with Crippen LogP contribution in [0.15, 0.2) is 70.0 Å². The molecule has 190 valence electrons. The minimum Gasteiger partial charge on any atom is -0.493 e. The number of nitrogens with zero attached hydrogens (tertiary/aromatic N) is 1. The van der Waals surface area contributed by atoms with Crippen LogP contribution >= 0.6 is 27.7 Å². The van der Waals surface area contributed by atoms with Crippen LogP contribution in [0.1, 0.15) is 27.0 Å². The largest absolute Gasteiger partial charge is 0.493 e. The molecule has 3 aromatic carbocycles. The molecule has 0 bridgehead atoms. The number of halogens is 1. The van der Waals surface area contributed by atoms with Gasteiger partial charge in [0.05, 0.1) is 28.6 Å². The van der Waals surface area contributed by atoms with E-state index < -0.39 is 11.9 Å². The van der Waals surface area contributed by atoms with Gasteiger partial charge in [-0.15, -0.1) is 0 Å². The van der Waals surface area contributed by atoms with Gasteiger partial charge in [0.15, 0.2) is 11.5 Å². The zero-order chi connectivity index (χ0) is 26.5. The first kappa shape index (κ1) is 26.5. The van der Waals surface area contributed by atoms with E-state index in [1.54, 1.807) is 42.5 Å². The molecule has 1 aliphatic heterocycles. The number of aryl methyl sites for hydroxylation is 2. The summed E-state index contributed by atoms with van der Waals surface area (Å²) in [5.74, 6) is 0.314. The van der Waals surface area contributed by atoms with Crippen LogP contribution in [0.25, 0.3) is 6.08 Å². The Bertz CT molecular complexity index is 1390. The molecule has 0 aliphatic carbocycles. The topological polar surface area (TPSA) is 82.1 Å². The molecule has 0 spiro atoms. The average molecular weight is 582 g/mol. The molecular weight excluding hydrogens is 558 g/mol. The lowest BCUT2D eigenvalue weighted by atomic mass is 10.1. The van der Waals surface area contributed by atoms with Crippen molar-refractivity contribution in [2.75, 3.05) is 20.3 Å². The van der Waals surface area contributed by atoms with Crippen molar-refractivity contribution < 1.29 is 28.6 Å². The number of hydrogen-bond donors (Lipinski definition) is 0.